The number of carbonyl (C=O) groups excluding carboxylic acids is 1. The van der Waals surface area contributed by atoms with E-state index in [2.05, 4.69) is 59.5 Å². The molecule has 47 heavy (non-hydrogen) atoms. The van der Waals surface area contributed by atoms with Crippen LogP contribution < -0.4 is 9.47 Å². The molecule has 0 aliphatic carbocycles. The molecule has 3 rings (SSSR count). The molecular formula is C40H55FO5Si. The second-order valence-corrected chi connectivity index (χ2v) is 18.7. The van der Waals surface area contributed by atoms with Crippen LogP contribution in [0.2, 0.25) is 18.1 Å². The van der Waals surface area contributed by atoms with Crippen molar-refractivity contribution in [2.45, 2.75) is 105 Å². The summed E-state index contributed by atoms with van der Waals surface area (Å²) in [6.45, 7) is 23.8. The fraction of sp³-hybridized carbons (Fsp3) is 0.475. The predicted octanol–water partition coefficient (Wildman–Crippen LogP) is 10.7. The smallest absolute Gasteiger partial charge is 0.338 e. The molecule has 256 valence electrons. The van der Waals surface area contributed by atoms with Crippen LogP contribution in [-0.2, 0) is 26.8 Å². The third-order valence-corrected chi connectivity index (χ3v) is 13.4. The van der Waals surface area contributed by atoms with Crippen LogP contribution >= 0.6 is 0 Å². The molecule has 0 heterocycles. The van der Waals surface area contributed by atoms with Gasteiger partial charge in [-0.3, -0.25) is 0 Å². The number of hydrogen-bond donors (Lipinski definition) is 0. The van der Waals surface area contributed by atoms with E-state index < -0.39 is 20.1 Å². The van der Waals surface area contributed by atoms with Gasteiger partial charge in [-0.05, 0) is 93.1 Å². The lowest BCUT2D eigenvalue weighted by molar-refractivity contribution is -0.130. The molecule has 1 unspecified atom stereocenters. The summed E-state index contributed by atoms with van der Waals surface area (Å²) in [4.78, 5) is 12.8. The summed E-state index contributed by atoms with van der Waals surface area (Å²) in [7, 11) is -2.00. The molecule has 3 aromatic carbocycles. The number of rotatable bonds is 17. The van der Waals surface area contributed by atoms with Gasteiger partial charge in [-0.1, -0.05) is 83.5 Å². The van der Waals surface area contributed by atoms with E-state index >= 15 is 4.39 Å². The Labute approximate surface area is 283 Å². The lowest BCUT2D eigenvalue weighted by Crippen LogP contribution is -2.41. The number of hydrogen-bond acceptors (Lipinski definition) is 5. The largest absolute Gasteiger partial charge is 0.491 e. The molecule has 0 aliphatic heterocycles. The molecule has 0 spiro atoms. The number of aryl methyl sites for hydroxylation is 1. The minimum atomic E-state index is -2.00. The number of carbonyl (C=O) groups is 1. The van der Waals surface area contributed by atoms with Gasteiger partial charge in [-0.2, -0.15) is 0 Å². The Balaban J connectivity index is 2.04. The van der Waals surface area contributed by atoms with Crippen LogP contribution in [-0.4, -0.2) is 40.2 Å². The first kappa shape index (κ1) is 38.2. The van der Waals surface area contributed by atoms with Crippen molar-refractivity contribution in [3.8, 4) is 33.8 Å². The lowest BCUT2D eigenvalue weighted by Gasteiger charge is -2.36. The van der Waals surface area contributed by atoms with Crippen LogP contribution in [0.3, 0.4) is 0 Å². The molecule has 0 radical (unpaired) electrons. The molecule has 0 amide bonds. The Kier molecular flexibility index (Phi) is 14.0. The van der Waals surface area contributed by atoms with Gasteiger partial charge in [0.2, 0.25) is 0 Å². The van der Waals surface area contributed by atoms with Crippen LogP contribution in [0.4, 0.5) is 4.39 Å². The SMILES string of the molecule is C=C(C)C(=O)Oc1cc(CCO[Si](C)(C)C(C)(C)C)c(OCC(C)OCC)cc1-c1ccc(-c2ccc(CCCCC)cc2)cc1F. The fourth-order valence-corrected chi connectivity index (χ4v) is 5.99. The topological polar surface area (TPSA) is 54.0 Å². The van der Waals surface area contributed by atoms with Crippen molar-refractivity contribution in [3.05, 3.63) is 83.7 Å². The summed E-state index contributed by atoms with van der Waals surface area (Å²) in [5.74, 6) is -0.189. The van der Waals surface area contributed by atoms with Crippen molar-refractivity contribution in [1.82, 2.24) is 0 Å². The standard InChI is InChI=1S/C40H55FO5Si/c1-11-13-14-15-30-16-18-31(19-17-30)32-20-21-34(36(41)24-32)35-26-37(44-27-29(5)43-12-2)33(25-38(35)46-39(42)28(3)4)22-23-45-47(9,10)40(6,7)8/h16-21,24-26,29H,3,11-15,22-23,27H2,1-2,4-10H3. The summed E-state index contributed by atoms with van der Waals surface area (Å²) < 4.78 is 40.4. The number of halogens is 1. The molecule has 5 nitrogen and oxygen atoms in total. The summed E-state index contributed by atoms with van der Waals surface area (Å²) in [5, 5.41) is 0.0612. The summed E-state index contributed by atoms with van der Waals surface area (Å²) >= 11 is 0. The Morgan fingerprint density at radius 3 is 2.19 bits per heavy atom. The van der Waals surface area contributed by atoms with Crippen LogP contribution in [0, 0.1) is 5.82 Å². The highest BCUT2D eigenvalue weighted by Gasteiger charge is 2.37. The first-order chi connectivity index (χ1) is 22.2. The zero-order chi connectivity index (χ0) is 34.8. The van der Waals surface area contributed by atoms with Crippen LogP contribution in [0.25, 0.3) is 22.3 Å². The Morgan fingerprint density at radius 1 is 0.915 bits per heavy atom. The molecule has 1 atom stereocenters. The van der Waals surface area contributed by atoms with Crippen LogP contribution in [0.15, 0.2) is 66.7 Å². The van der Waals surface area contributed by atoms with E-state index in [1.54, 1.807) is 25.1 Å². The van der Waals surface area contributed by atoms with Gasteiger partial charge in [-0.25, -0.2) is 9.18 Å². The van der Waals surface area contributed by atoms with E-state index in [0.29, 0.717) is 43.1 Å². The van der Waals surface area contributed by atoms with Crippen LogP contribution in [0.1, 0.15) is 78.9 Å². The van der Waals surface area contributed by atoms with Gasteiger partial charge in [0.25, 0.3) is 0 Å². The molecular weight excluding hydrogens is 608 g/mol. The van der Waals surface area contributed by atoms with Gasteiger partial charge in [0.15, 0.2) is 8.32 Å². The van der Waals surface area contributed by atoms with Gasteiger partial charge in [0.1, 0.15) is 23.9 Å². The van der Waals surface area contributed by atoms with E-state index in [4.69, 9.17) is 18.6 Å². The minimum absolute atomic E-state index is 0.0612. The van der Waals surface area contributed by atoms with Crippen LogP contribution in [0.5, 0.6) is 11.5 Å². The maximum absolute atomic E-state index is 16.0. The molecule has 3 aromatic rings. The second-order valence-electron chi connectivity index (χ2n) is 13.9. The summed E-state index contributed by atoms with van der Waals surface area (Å²) in [6.07, 6.45) is 4.98. The molecule has 0 fully saturated rings. The van der Waals surface area contributed by atoms with Gasteiger partial charge >= 0.3 is 5.97 Å². The number of benzene rings is 3. The molecule has 0 bridgehead atoms. The molecule has 0 saturated carbocycles. The molecule has 0 aromatic heterocycles. The van der Waals surface area contributed by atoms with Crippen molar-refractivity contribution in [2.24, 2.45) is 0 Å². The van der Waals surface area contributed by atoms with E-state index in [0.717, 1.165) is 29.5 Å². The number of ether oxygens (including phenoxy) is 3. The average Bonchev–Trinajstić information content (AvgIpc) is 3.00. The van der Waals surface area contributed by atoms with Crippen molar-refractivity contribution >= 4 is 14.3 Å². The number of unbranched alkanes of at least 4 members (excludes halogenated alkanes) is 2. The second kappa shape index (κ2) is 17.2. The van der Waals surface area contributed by atoms with Crippen molar-refractivity contribution < 1.29 is 27.8 Å². The lowest BCUT2D eigenvalue weighted by atomic mass is 9.96. The highest BCUT2D eigenvalue weighted by atomic mass is 28.4. The third-order valence-electron chi connectivity index (χ3n) is 8.89. The number of esters is 1. The fourth-order valence-electron chi connectivity index (χ4n) is 4.94. The quantitative estimate of drug-likeness (QED) is 0.0473. The molecule has 0 saturated heterocycles. The zero-order valence-electron chi connectivity index (χ0n) is 30.1. The first-order valence-corrected chi connectivity index (χ1v) is 19.9. The Morgan fingerprint density at radius 2 is 1.60 bits per heavy atom. The predicted molar refractivity (Wildman–Crippen MR) is 194 cm³/mol. The van der Waals surface area contributed by atoms with Gasteiger partial charge in [0, 0.05) is 35.5 Å². The summed E-state index contributed by atoms with van der Waals surface area (Å²) in [5.41, 5.74) is 4.77. The molecule has 7 heteroatoms. The van der Waals surface area contributed by atoms with Gasteiger partial charge in [-0.15, -0.1) is 0 Å². The van der Waals surface area contributed by atoms with Gasteiger partial charge in [0.05, 0.1) is 6.10 Å². The van der Waals surface area contributed by atoms with E-state index in [1.807, 2.05) is 32.0 Å². The maximum Gasteiger partial charge on any atom is 0.338 e. The van der Waals surface area contributed by atoms with E-state index in [-0.39, 0.29) is 22.5 Å². The Bertz CT molecular complexity index is 1490. The van der Waals surface area contributed by atoms with Gasteiger partial charge < -0.3 is 18.6 Å². The first-order valence-electron chi connectivity index (χ1n) is 17.0. The summed E-state index contributed by atoms with van der Waals surface area (Å²) in [6, 6.07) is 17.0. The van der Waals surface area contributed by atoms with E-state index in [1.165, 1.54) is 24.5 Å². The third kappa shape index (κ3) is 10.9. The van der Waals surface area contributed by atoms with Crippen molar-refractivity contribution in [3.63, 3.8) is 0 Å². The highest BCUT2D eigenvalue weighted by Crippen LogP contribution is 2.40. The monoisotopic (exact) mass is 662 g/mol. The highest BCUT2D eigenvalue weighted by molar-refractivity contribution is 6.74. The molecule has 0 aliphatic rings. The minimum Gasteiger partial charge on any atom is -0.491 e. The maximum atomic E-state index is 16.0. The Hall–Kier alpha value is -3.26. The van der Waals surface area contributed by atoms with E-state index in [9.17, 15) is 4.79 Å². The zero-order valence-corrected chi connectivity index (χ0v) is 31.1. The normalized spacial score (nSPS) is 12.6. The van der Waals surface area contributed by atoms with Crippen molar-refractivity contribution in [1.29, 1.82) is 0 Å². The molecule has 0 N–H and O–H groups in total. The average molecular weight is 663 g/mol. The van der Waals surface area contributed by atoms with Crippen molar-refractivity contribution in [2.75, 3.05) is 19.8 Å².